The highest BCUT2D eigenvalue weighted by molar-refractivity contribution is 8.14. The van der Waals surface area contributed by atoms with Crippen LogP contribution in [0.1, 0.15) is 13.8 Å². The van der Waals surface area contributed by atoms with Crippen LogP contribution in [-0.2, 0) is 10.0 Å². The highest BCUT2D eigenvalue weighted by Gasteiger charge is 2.21. The van der Waals surface area contributed by atoms with Gasteiger partial charge in [-0.3, -0.25) is 10.4 Å². The first kappa shape index (κ1) is 11.8. The average molecular weight is 238 g/mol. The van der Waals surface area contributed by atoms with Crippen LogP contribution in [0.25, 0.3) is 0 Å². The highest BCUT2D eigenvalue weighted by Crippen LogP contribution is 2.10. The van der Waals surface area contributed by atoms with Gasteiger partial charge in [0.05, 0.1) is 11.6 Å². The maximum absolute atomic E-state index is 11.2. The summed E-state index contributed by atoms with van der Waals surface area (Å²) in [6.07, 6.45) is 0. The maximum atomic E-state index is 11.2. The van der Waals surface area contributed by atoms with Crippen molar-refractivity contribution < 1.29 is 8.42 Å². The van der Waals surface area contributed by atoms with Crippen molar-refractivity contribution in [2.45, 2.75) is 13.8 Å². The highest BCUT2D eigenvalue weighted by atomic mass is 32.2. The molecule has 1 heterocycles. The lowest BCUT2D eigenvalue weighted by Gasteiger charge is -2.14. The lowest BCUT2D eigenvalue weighted by atomic mass is 10.8. The second-order valence-corrected chi connectivity index (χ2v) is 5.51. The molecule has 0 bridgehead atoms. The summed E-state index contributed by atoms with van der Waals surface area (Å²) in [5.74, 6) is 0.591. The number of sulfonamides is 1. The standard InChI is InChI=1S/C6H14N4O2S2/c1-3-7-6-8-10(5-13-6)9-14(11,12)4-2/h9H,3-5H2,1-2H3,(H,7,8). The van der Waals surface area contributed by atoms with E-state index < -0.39 is 10.0 Å². The zero-order chi connectivity index (χ0) is 10.6. The van der Waals surface area contributed by atoms with Gasteiger partial charge >= 0.3 is 0 Å². The van der Waals surface area contributed by atoms with E-state index in [0.29, 0.717) is 12.4 Å². The molecule has 0 saturated carbocycles. The molecule has 1 aliphatic heterocycles. The fourth-order valence-electron chi connectivity index (χ4n) is 0.812. The SMILES string of the molecule is CCN=C1NN(NS(=O)(=O)CC)CS1. The summed E-state index contributed by atoms with van der Waals surface area (Å²) in [4.78, 5) is 6.51. The van der Waals surface area contributed by atoms with Crippen LogP contribution < -0.4 is 10.3 Å². The number of hydrogen-bond donors (Lipinski definition) is 2. The van der Waals surface area contributed by atoms with Crippen LogP contribution in [0.5, 0.6) is 0 Å². The Kier molecular flexibility index (Phi) is 4.17. The van der Waals surface area contributed by atoms with Gasteiger partial charge in [-0.05, 0) is 13.8 Å². The normalized spacial score (nSPS) is 21.4. The molecule has 8 heteroatoms. The third kappa shape index (κ3) is 3.45. The Bertz CT molecular complexity index is 314. The molecule has 0 aliphatic carbocycles. The molecule has 14 heavy (non-hydrogen) atoms. The van der Waals surface area contributed by atoms with Crippen LogP contribution in [0.3, 0.4) is 0 Å². The van der Waals surface area contributed by atoms with Crippen molar-refractivity contribution in [1.82, 2.24) is 15.4 Å². The predicted octanol–water partition coefficient (Wildman–Crippen LogP) is -0.272. The Labute approximate surface area is 88.1 Å². The molecule has 0 unspecified atom stereocenters. The van der Waals surface area contributed by atoms with E-state index in [1.165, 1.54) is 16.9 Å². The van der Waals surface area contributed by atoms with E-state index in [1.807, 2.05) is 6.92 Å². The molecule has 0 atom stereocenters. The van der Waals surface area contributed by atoms with Crippen LogP contribution in [-0.4, -0.2) is 36.9 Å². The molecule has 6 nitrogen and oxygen atoms in total. The van der Waals surface area contributed by atoms with Gasteiger partial charge in [-0.1, -0.05) is 11.8 Å². The molecule has 0 amide bonds. The smallest absolute Gasteiger partial charge is 0.225 e. The number of nitrogens with one attached hydrogen (secondary N) is 2. The average Bonchev–Trinajstić information content (AvgIpc) is 2.53. The molecule has 0 spiro atoms. The van der Waals surface area contributed by atoms with Gasteiger partial charge in [-0.15, -0.1) is 9.95 Å². The summed E-state index contributed by atoms with van der Waals surface area (Å²) in [5, 5.41) is 2.16. The minimum Gasteiger partial charge on any atom is -0.283 e. The summed E-state index contributed by atoms with van der Waals surface area (Å²) in [7, 11) is -3.20. The first-order valence-corrected chi connectivity index (χ1v) is 6.92. The Morgan fingerprint density at radius 3 is 2.93 bits per heavy atom. The molecule has 2 N–H and O–H groups in total. The van der Waals surface area contributed by atoms with Crippen LogP contribution in [0.2, 0.25) is 0 Å². The van der Waals surface area contributed by atoms with E-state index in [-0.39, 0.29) is 5.75 Å². The van der Waals surface area contributed by atoms with Gasteiger partial charge in [0.1, 0.15) is 0 Å². The zero-order valence-corrected chi connectivity index (χ0v) is 9.78. The van der Waals surface area contributed by atoms with Crippen LogP contribution in [0.15, 0.2) is 4.99 Å². The van der Waals surface area contributed by atoms with Crippen LogP contribution >= 0.6 is 11.8 Å². The maximum Gasteiger partial charge on any atom is 0.225 e. The summed E-state index contributed by atoms with van der Waals surface area (Å²) in [5.41, 5.74) is 2.84. The summed E-state index contributed by atoms with van der Waals surface area (Å²) in [6, 6.07) is 0. The van der Waals surface area contributed by atoms with Crippen molar-refractivity contribution in [1.29, 1.82) is 0 Å². The summed E-state index contributed by atoms with van der Waals surface area (Å²) < 4.78 is 22.4. The van der Waals surface area contributed by atoms with Gasteiger partial charge in [-0.25, -0.2) is 8.42 Å². The number of hydrogen-bond acceptors (Lipinski definition) is 5. The van der Waals surface area contributed by atoms with E-state index in [1.54, 1.807) is 6.92 Å². The topological polar surface area (TPSA) is 73.8 Å². The molecule has 0 aromatic heterocycles. The van der Waals surface area contributed by atoms with Crippen molar-refractivity contribution in [3.8, 4) is 0 Å². The molecule has 0 radical (unpaired) electrons. The van der Waals surface area contributed by atoms with E-state index in [0.717, 1.165) is 5.17 Å². The fourth-order valence-corrected chi connectivity index (χ4v) is 2.24. The first-order valence-electron chi connectivity index (χ1n) is 4.29. The minimum atomic E-state index is -3.20. The lowest BCUT2D eigenvalue weighted by Crippen LogP contribution is -2.47. The number of hydrazine groups is 2. The fraction of sp³-hybridized carbons (Fsp3) is 0.833. The van der Waals surface area contributed by atoms with Gasteiger partial charge < -0.3 is 0 Å². The Balaban J connectivity index is 2.48. The van der Waals surface area contributed by atoms with Gasteiger partial charge in [0.25, 0.3) is 0 Å². The van der Waals surface area contributed by atoms with Gasteiger partial charge in [-0.2, -0.15) is 0 Å². The third-order valence-corrected chi connectivity index (χ3v) is 3.63. The van der Waals surface area contributed by atoms with E-state index >= 15 is 0 Å². The largest absolute Gasteiger partial charge is 0.283 e. The monoisotopic (exact) mass is 238 g/mol. The number of rotatable bonds is 4. The zero-order valence-electron chi connectivity index (χ0n) is 8.15. The second kappa shape index (κ2) is 4.96. The second-order valence-electron chi connectivity index (χ2n) is 2.59. The molecular weight excluding hydrogens is 224 g/mol. The number of thioether (sulfide) groups is 1. The molecule has 1 fully saturated rings. The number of amidine groups is 1. The minimum absolute atomic E-state index is 0.0656. The Hall–Kier alpha value is -0.310. The lowest BCUT2D eigenvalue weighted by molar-refractivity contribution is 0.254. The van der Waals surface area contributed by atoms with E-state index in [9.17, 15) is 8.42 Å². The van der Waals surface area contributed by atoms with Gasteiger partial charge in [0.2, 0.25) is 10.0 Å². The third-order valence-electron chi connectivity index (χ3n) is 1.49. The molecular formula is C6H14N4O2S2. The molecule has 0 aromatic rings. The summed E-state index contributed by atoms with van der Waals surface area (Å²) in [6.45, 7) is 4.20. The van der Waals surface area contributed by atoms with Gasteiger partial charge in [0, 0.05) is 6.54 Å². The molecule has 1 saturated heterocycles. The van der Waals surface area contributed by atoms with Crippen LogP contribution in [0, 0.1) is 0 Å². The van der Waals surface area contributed by atoms with Crippen molar-refractivity contribution in [2.75, 3.05) is 18.2 Å². The molecule has 1 aliphatic rings. The van der Waals surface area contributed by atoms with Crippen LogP contribution in [0.4, 0.5) is 0 Å². The Morgan fingerprint density at radius 2 is 2.36 bits per heavy atom. The van der Waals surface area contributed by atoms with Crippen molar-refractivity contribution in [2.24, 2.45) is 4.99 Å². The predicted molar refractivity (Wildman–Crippen MR) is 58.0 cm³/mol. The number of aliphatic imine (C=N–C) groups is 1. The summed E-state index contributed by atoms with van der Waals surface area (Å²) >= 11 is 1.46. The van der Waals surface area contributed by atoms with Crippen molar-refractivity contribution in [3.63, 3.8) is 0 Å². The van der Waals surface area contributed by atoms with Crippen molar-refractivity contribution >= 4 is 27.0 Å². The molecule has 1 rings (SSSR count). The van der Waals surface area contributed by atoms with E-state index in [2.05, 4.69) is 15.2 Å². The Morgan fingerprint density at radius 1 is 1.64 bits per heavy atom. The first-order chi connectivity index (χ1) is 6.57. The molecule has 0 aromatic carbocycles. The van der Waals surface area contributed by atoms with Gasteiger partial charge in [0.15, 0.2) is 5.17 Å². The molecule has 82 valence electrons. The van der Waals surface area contributed by atoms with E-state index in [4.69, 9.17) is 0 Å². The van der Waals surface area contributed by atoms with Crippen molar-refractivity contribution in [3.05, 3.63) is 0 Å². The quantitative estimate of drug-likeness (QED) is 0.705. The number of nitrogens with zero attached hydrogens (tertiary/aromatic N) is 2.